The molecule has 0 saturated heterocycles. The minimum absolute atomic E-state index is 0. The number of nitrogens with one attached hydrogen (secondary N) is 2. The highest BCUT2D eigenvalue weighted by atomic mass is 127. The smallest absolute Gasteiger partial charge is 0.242 e. The lowest BCUT2D eigenvalue weighted by molar-refractivity contribution is -0.130. The largest absolute Gasteiger partial charge is 0.350 e. The van der Waals surface area contributed by atoms with Crippen LogP contribution in [0.3, 0.4) is 0 Å². The van der Waals surface area contributed by atoms with E-state index >= 15 is 0 Å². The van der Waals surface area contributed by atoms with Crippen LogP contribution >= 0.6 is 46.7 Å². The van der Waals surface area contributed by atoms with Crippen molar-refractivity contribution in [3.63, 3.8) is 0 Å². The van der Waals surface area contributed by atoms with E-state index in [0.717, 1.165) is 23.7 Å². The number of carbonyl (C=O) groups excluding carboxylic acids is 1. The van der Waals surface area contributed by atoms with Crippen LogP contribution in [0, 0.1) is 0 Å². The monoisotopic (exact) mass is 519 g/mol. The lowest BCUT2D eigenvalue weighted by atomic mass is 10.1. The van der Waals surface area contributed by atoms with Gasteiger partial charge in [-0.3, -0.25) is 9.79 Å². The molecule has 9 heteroatoms. The first kappa shape index (κ1) is 22.1. The van der Waals surface area contributed by atoms with Crippen molar-refractivity contribution in [3.05, 3.63) is 38.0 Å². The number of aromatic nitrogens is 1. The van der Waals surface area contributed by atoms with E-state index in [1.54, 1.807) is 29.7 Å². The normalized spacial score (nSPS) is 13.9. The Bertz CT molecular complexity index is 786. The van der Waals surface area contributed by atoms with Crippen molar-refractivity contribution >= 4 is 58.5 Å². The Kier molecular flexibility index (Phi) is 8.49. The predicted molar refractivity (Wildman–Crippen MR) is 123 cm³/mol. The molecule has 0 bridgehead atoms. The van der Waals surface area contributed by atoms with Gasteiger partial charge < -0.3 is 15.5 Å². The molecule has 0 spiro atoms. The number of thiazole rings is 1. The molecule has 0 aliphatic carbocycles. The van der Waals surface area contributed by atoms with Crippen molar-refractivity contribution in [1.29, 1.82) is 0 Å². The van der Waals surface area contributed by atoms with E-state index in [4.69, 9.17) is 0 Å². The van der Waals surface area contributed by atoms with Gasteiger partial charge in [0.15, 0.2) is 5.96 Å². The van der Waals surface area contributed by atoms with Gasteiger partial charge in [0.25, 0.3) is 0 Å². The number of carbonyl (C=O) groups is 1. The van der Waals surface area contributed by atoms with Crippen molar-refractivity contribution in [2.45, 2.75) is 39.3 Å². The third kappa shape index (κ3) is 5.89. The fourth-order valence-electron chi connectivity index (χ4n) is 2.78. The first-order valence-electron chi connectivity index (χ1n) is 8.78. The van der Waals surface area contributed by atoms with E-state index in [-0.39, 0.29) is 36.4 Å². The lowest BCUT2D eigenvalue weighted by Gasteiger charge is -2.27. The molecule has 6 nitrogen and oxygen atoms in total. The predicted octanol–water partition coefficient (Wildman–Crippen LogP) is 3.20. The van der Waals surface area contributed by atoms with Gasteiger partial charge in [-0.05, 0) is 29.3 Å². The summed E-state index contributed by atoms with van der Waals surface area (Å²) in [5.41, 5.74) is 2.39. The van der Waals surface area contributed by atoms with Crippen molar-refractivity contribution in [2.75, 3.05) is 20.1 Å². The van der Waals surface area contributed by atoms with Crippen LogP contribution in [0.25, 0.3) is 0 Å². The SMILES string of the molecule is CN=C(NCC(=O)N1CCc2sccc2C1)NCc1nc(C(C)C)cs1.I. The Morgan fingerprint density at radius 1 is 1.37 bits per heavy atom. The standard InChI is InChI=1S/C18H25N5OS2.HI/c1-12(2)14-11-26-16(22-14)8-20-18(19-3)21-9-17(24)23-6-4-15-13(10-23)5-7-25-15;/h5,7,11-12H,4,6,8-10H2,1-3H3,(H2,19,20,21);1H. The molecule has 1 aliphatic heterocycles. The second kappa shape index (κ2) is 10.4. The summed E-state index contributed by atoms with van der Waals surface area (Å²) in [5.74, 6) is 1.15. The summed E-state index contributed by atoms with van der Waals surface area (Å²) in [6.45, 7) is 6.62. The molecular formula is C18H26IN5OS2. The van der Waals surface area contributed by atoms with Crippen molar-refractivity contribution < 1.29 is 4.79 Å². The summed E-state index contributed by atoms with van der Waals surface area (Å²) in [7, 11) is 1.71. The highest BCUT2D eigenvalue weighted by molar-refractivity contribution is 14.0. The average Bonchev–Trinajstić information content (AvgIpc) is 3.30. The molecule has 2 aromatic rings. The Morgan fingerprint density at radius 2 is 2.19 bits per heavy atom. The fraction of sp³-hybridized carbons (Fsp3) is 0.500. The molecule has 27 heavy (non-hydrogen) atoms. The highest BCUT2D eigenvalue weighted by Crippen LogP contribution is 2.23. The molecule has 0 fully saturated rings. The molecule has 0 saturated carbocycles. The van der Waals surface area contributed by atoms with Gasteiger partial charge in [0.05, 0.1) is 18.8 Å². The number of hydrogen-bond donors (Lipinski definition) is 2. The first-order chi connectivity index (χ1) is 12.6. The maximum Gasteiger partial charge on any atom is 0.242 e. The minimum atomic E-state index is 0. The van der Waals surface area contributed by atoms with Crippen molar-refractivity contribution in [1.82, 2.24) is 20.5 Å². The number of hydrogen-bond acceptors (Lipinski definition) is 5. The summed E-state index contributed by atoms with van der Waals surface area (Å²) in [6, 6.07) is 2.12. The van der Waals surface area contributed by atoms with Gasteiger partial charge in [0, 0.05) is 30.4 Å². The fourth-order valence-corrected chi connectivity index (χ4v) is 4.57. The van der Waals surface area contributed by atoms with Gasteiger partial charge >= 0.3 is 0 Å². The zero-order valence-electron chi connectivity index (χ0n) is 15.8. The summed E-state index contributed by atoms with van der Waals surface area (Å²) < 4.78 is 0. The minimum Gasteiger partial charge on any atom is -0.350 e. The van der Waals surface area contributed by atoms with E-state index < -0.39 is 0 Å². The second-order valence-corrected chi connectivity index (χ2v) is 8.48. The molecule has 0 aromatic carbocycles. The van der Waals surface area contributed by atoms with Crippen LogP contribution < -0.4 is 10.6 Å². The highest BCUT2D eigenvalue weighted by Gasteiger charge is 2.21. The van der Waals surface area contributed by atoms with Gasteiger partial charge in [-0.15, -0.1) is 46.7 Å². The third-order valence-electron chi connectivity index (χ3n) is 4.36. The average molecular weight is 519 g/mol. The van der Waals surface area contributed by atoms with Crippen LogP contribution in [-0.2, 0) is 24.3 Å². The van der Waals surface area contributed by atoms with Crippen LogP contribution in [0.4, 0.5) is 0 Å². The van der Waals surface area contributed by atoms with Gasteiger partial charge in [0.1, 0.15) is 5.01 Å². The topological polar surface area (TPSA) is 69.6 Å². The van der Waals surface area contributed by atoms with Crippen LogP contribution in [0.1, 0.15) is 40.9 Å². The second-order valence-electron chi connectivity index (χ2n) is 6.53. The molecule has 3 rings (SSSR count). The van der Waals surface area contributed by atoms with Crippen LogP contribution in [0.2, 0.25) is 0 Å². The Balaban J connectivity index is 0.00000261. The number of amides is 1. The van der Waals surface area contributed by atoms with E-state index in [9.17, 15) is 4.79 Å². The lowest BCUT2D eigenvalue weighted by Crippen LogP contribution is -2.45. The van der Waals surface area contributed by atoms with E-state index in [1.807, 2.05) is 4.90 Å². The summed E-state index contributed by atoms with van der Waals surface area (Å²) in [4.78, 5) is 24.6. The summed E-state index contributed by atoms with van der Waals surface area (Å²) >= 11 is 3.42. The maximum absolute atomic E-state index is 12.5. The zero-order chi connectivity index (χ0) is 18.5. The van der Waals surface area contributed by atoms with Gasteiger partial charge in [-0.2, -0.15) is 0 Å². The van der Waals surface area contributed by atoms with Gasteiger partial charge in [-0.1, -0.05) is 13.8 Å². The van der Waals surface area contributed by atoms with Crippen LogP contribution in [0.15, 0.2) is 21.8 Å². The molecule has 3 heterocycles. The maximum atomic E-state index is 12.5. The molecule has 1 aliphatic rings. The van der Waals surface area contributed by atoms with E-state index in [2.05, 4.69) is 51.3 Å². The summed E-state index contributed by atoms with van der Waals surface area (Å²) in [5, 5.41) is 11.6. The van der Waals surface area contributed by atoms with Crippen molar-refractivity contribution in [2.24, 2.45) is 4.99 Å². The molecule has 0 radical (unpaired) electrons. The quantitative estimate of drug-likeness (QED) is 0.362. The molecular weight excluding hydrogens is 493 g/mol. The number of guanidine groups is 1. The number of halogens is 1. The molecule has 148 valence electrons. The number of nitrogens with zero attached hydrogens (tertiary/aromatic N) is 3. The molecule has 0 atom stereocenters. The van der Waals surface area contributed by atoms with Crippen LogP contribution in [-0.4, -0.2) is 41.9 Å². The van der Waals surface area contributed by atoms with Crippen molar-refractivity contribution in [3.8, 4) is 0 Å². The number of thiophene rings is 1. The van der Waals surface area contributed by atoms with Crippen LogP contribution in [0.5, 0.6) is 0 Å². The number of rotatable bonds is 5. The van der Waals surface area contributed by atoms with Gasteiger partial charge in [0.2, 0.25) is 5.91 Å². The summed E-state index contributed by atoms with van der Waals surface area (Å²) in [6.07, 6.45) is 0.952. The molecule has 1 amide bonds. The zero-order valence-corrected chi connectivity index (χ0v) is 19.8. The third-order valence-corrected chi connectivity index (χ3v) is 6.25. The molecule has 2 aromatic heterocycles. The molecule has 2 N–H and O–H groups in total. The Morgan fingerprint density at radius 3 is 2.89 bits per heavy atom. The van der Waals surface area contributed by atoms with E-state index in [1.165, 1.54) is 10.4 Å². The molecule has 0 unspecified atom stereocenters. The Hall–Kier alpha value is -1.20. The van der Waals surface area contributed by atoms with E-state index in [0.29, 0.717) is 25.0 Å². The Labute approximate surface area is 185 Å². The first-order valence-corrected chi connectivity index (χ1v) is 10.5. The van der Waals surface area contributed by atoms with Gasteiger partial charge in [-0.25, -0.2) is 4.98 Å². The number of fused-ring (bicyclic) bond motifs is 1. The number of aliphatic imine (C=N–C) groups is 1.